The lowest BCUT2D eigenvalue weighted by atomic mass is 10.0. The molecule has 1 N–H and O–H groups in total. The van der Waals surface area contributed by atoms with Crippen molar-refractivity contribution >= 4 is 11.6 Å². The number of rotatable bonds is 5. The highest BCUT2D eigenvalue weighted by Gasteiger charge is 2.15. The summed E-state index contributed by atoms with van der Waals surface area (Å²) in [5.41, 5.74) is 1.13. The minimum Gasteiger partial charge on any atom is -0.382 e. The summed E-state index contributed by atoms with van der Waals surface area (Å²) >= 11 is 6.14. The minimum atomic E-state index is 0.221. The molecule has 1 aromatic carbocycles. The highest BCUT2D eigenvalue weighted by molar-refractivity contribution is 6.31. The maximum atomic E-state index is 6.14. The van der Waals surface area contributed by atoms with E-state index in [9.17, 15) is 0 Å². The molecule has 2 nitrogen and oxygen atoms in total. The second-order valence-electron chi connectivity index (χ2n) is 3.64. The van der Waals surface area contributed by atoms with E-state index in [1.54, 1.807) is 7.11 Å². The van der Waals surface area contributed by atoms with Gasteiger partial charge in [-0.25, -0.2) is 0 Å². The van der Waals surface area contributed by atoms with Crippen molar-refractivity contribution in [3.05, 3.63) is 34.9 Å². The molecule has 0 spiro atoms. The molecular formula is C12H18ClNO. The highest BCUT2D eigenvalue weighted by Crippen LogP contribution is 2.26. The smallest absolute Gasteiger partial charge is 0.0561 e. The number of hydrogen-bond acceptors (Lipinski definition) is 2. The molecule has 0 amide bonds. The Morgan fingerprint density at radius 3 is 2.60 bits per heavy atom. The molecule has 0 aliphatic carbocycles. The predicted molar refractivity (Wildman–Crippen MR) is 64.3 cm³/mol. The fraction of sp³-hybridized carbons (Fsp3) is 0.500. The van der Waals surface area contributed by atoms with Crippen LogP contribution in [-0.2, 0) is 4.74 Å². The lowest BCUT2D eigenvalue weighted by molar-refractivity contribution is 0.101. The molecular weight excluding hydrogens is 210 g/mol. The summed E-state index contributed by atoms with van der Waals surface area (Å²) in [6.07, 6.45) is 1.13. The molecule has 2 unspecified atom stereocenters. The van der Waals surface area contributed by atoms with Crippen LogP contribution in [-0.4, -0.2) is 20.3 Å². The highest BCUT2D eigenvalue weighted by atomic mass is 35.5. The van der Waals surface area contributed by atoms with Gasteiger partial charge in [0.25, 0.3) is 0 Å². The van der Waals surface area contributed by atoms with E-state index in [1.165, 1.54) is 0 Å². The summed E-state index contributed by atoms with van der Waals surface area (Å²) in [6.45, 7) is 2.06. The molecule has 0 aliphatic rings. The van der Waals surface area contributed by atoms with Crippen molar-refractivity contribution < 1.29 is 4.74 Å². The largest absolute Gasteiger partial charge is 0.382 e. The monoisotopic (exact) mass is 227 g/mol. The molecule has 0 aromatic heterocycles. The van der Waals surface area contributed by atoms with Gasteiger partial charge in [0.1, 0.15) is 0 Å². The third-order valence-corrected chi connectivity index (χ3v) is 2.94. The van der Waals surface area contributed by atoms with E-state index in [0.29, 0.717) is 0 Å². The van der Waals surface area contributed by atoms with Gasteiger partial charge in [-0.3, -0.25) is 0 Å². The SMILES string of the molecule is CNC(CC(C)OC)c1ccccc1Cl. The number of methoxy groups -OCH3 is 1. The number of hydrogen-bond donors (Lipinski definition) is 1. The van der Waals surface area contributed by atoms with Crippen LogP contribution >= 0.6 is 11.6 Å². The molecule has 84 valence electrons. The molecule has 0 saturated carbocycles. The van der Waals surface area contributed by atoms with Gasteiger partial charge in [-0.05, 0) is 32.0 Å². The number of halogens is 1. The van der Waals surface area contributed by atoms with Gasteiger partial charge in [-0.15, -0.1) is 0 Å². The maximum Gasteiger partial charge on any atom is 0.0561 e. The minimum absolute atomic E-state index is 0.221. The molecule has 0 heterocycles. The predicted octanol–water partition coefficient (Wildman–Crippen LogP) is 3.03. The van der Waals surface area contributed by atoms with Crippen LogP contribution < -0.4 is 5.32 Å². The van der Waals surface area contributed by atoms with E-state index in [4.69, 9.17) is 16.3 Å². The molecule has 0 radical (unpaired) electrons. The molecule has 3 heteroatoms. The number of ether oxygens (including phenoxy) is 1. The van der Waals surface area contributed by atoms with Gasteiger partial charge in [-0.2, -0.15) is 0 Å². The normalized spacial score (nSPS) is 14.9. The summed E-state index contributed by atoms with van der Waals surface area (Å²) in [5, 5.41) is 4.07. The Kier molecular flexibility index (Phi) is 5.09. The van der Waals surface area contributed by atoms with Crippen LogP contribution in [0.4, 0.5) is 0 Å². The first-order chi connectivity index (χ1) is 7.19. The fourth-order valence-electron chi connectivity index (χ4n) is 1.59. The molecule has 0 fully saturated rings. The quantitative estimate of drug-likeness (QED) is 0.835. The van der Waals surface area contributed by atoms with Crippen molar-refractivity contribution in [3.63, 3.8) is 0 Å². The first-order valence-electron chi connectivity index (χ1n) is 5.13. The molecule has 0 bridgehead atoms. The first-order valence-corrected chi connectivity index (χ1v) is 5.51. The van der Waals surface area contributed by atoms with E-state index < -0.39 is 0 Å². The van der Waals surface area contributed by atoms with Gasteiger partial charge in [0.05, 0.1) is 6.10 Å². The van der Waals surface area contributed by atoms with Gasteiger partial charge in [0, 0.05) is 18.2 Å². The van der Waals surface area contributed by atoms with Gasteiger partial charge in [0.2, 0.25) is 0 Å². The summed E-state index contributed by atoms with van der Waals surface area (Å²) in [4.78, 5) is 0. The second-order valence-corrected chi connectivity index (χ2v) is 4.05. The number of benzene rings is 1. The van der Waals surface area contributed by atoms with Gasteiger partial charge >= 0.3 is 0 Å². The summed E-state index contributed by atoms with van der Waals surface area (Å²) < 4.78 is 5.26. The van der Waals surface area contributed by atoms with Crippen LogP contribution in [0.3, 0.4) is 0 Å². The van der Waals surface area contributed by atoms with Crippen LogP contribution in [0.5, 0.6) is 0 Å². The van der Waals surface area contributed by atoms with E-state index in [1.807, 2.05) is 31.3 Å². The van der Waals surface area contributed by atoms with Crippen LogP contribution in [0.2, 0.25) is 5.02 Å². The van der Waals surface area contributed by atoms with Crippen molar-refractivity contribution in [1.29, 1.82) is 0 Å². The summed E-state index contributed by atoms with van der Waals surface area (Å²) in [7, 11) is 3.67. The molecule has 0 saturated heterocycles. The van der Waals surface area contributed by atoms with Gasteiger partial charge < -0.3 is 10.1 Å². The van der Waals surface area contributed by atoms with E-state index >= 15 is 0 Å². The topological polar surface area (TPSA) is 21.3 Å². The Hall–Kier alpha value is -0.570. The Morgan fingerprint density at radius 2 is 2.07 bits per heavy atom. The van der Waals surface area contributed by atoms with Crippen LogP contribution in [0.15, 0.2) is 24.3 Å². The molecule has 1 aromatic rings. The molecule has 2 atom stereocenters. The van der Waals surface area contributed by atoms with Crippen LogP contribution in [0.25, 0.3) is 0 Å². The molecule has 0 aliphatic heterocycles. The van der Waals surface area contributed by atoms with Gasteiger partial charge in [0.15, 0.2) is 0 Å². The van der Waals surface area contributed by atoms with Crippen LogP contribution in [0, 0.1) is 0 Å². The van der Waals surface area contributed by atoms with Crippen molar-refractivity contribution in [1.82, 2.24) is 5.32 Å². The third kappa shape index (κ3) is 3.49. The summed E-state index contributed by atoms with van der Waals surface area (Å²) in [5.74, 6) is 0. The van der Waals surface area contributed by atoms with Crippen molar-refractivity contribution in [2.45, 2.75) is 25.5 Å². The summed E-state index contributed by atoms with van der Waals surface area (Å²) in [6, 6.07) is 8.15. The average Bonchev–Trinajstić information content (AvgIpc) is 2.26. The third-order valence-electron chi connectivity index (χ3n) is 2.60. The first kappa shape index (κ1) is 12.5. The van der Waals surface area contributed by atoms with Crippen LogP contribution in [0.1, 0.15) is 24.9 Å². The van der Waals surface area contributed by atoms with E-state index in [2.05, 4.69) is 12.2 Å². The van der Waals surface area contributed by atoms with E-state index in [-0.39, 0.29) is 12.1 Å². The van der Waals surface area contributed by atoms with Gasteiger partial charge in [-0.1, -0.05) is 29.8 Å². The van der Waals surface area contributed by atoms with Crippen molar-refractivity contribution in [2.24, 2.45) is 0 Å². The zero-order valence-electron chi connectivity index (χ0n) is 9.46. The second kappa shape index (κ2) is 6.11. The fourth-order valence-corrected chi connectivity index (χ4v) is 1.85. The zero-order chi connectivity index (χ0) is 11.3. The number of nitrogens with one attached hydrogen (secondary N) is 1. The molecule has 1 rings (SSSR count). The zero-order valence-corrected chi connectivity index (χ0v) is 10.2. The Bertz CT molecular complexity index is 303. The Balaban J connectivity index is 2.78. The maximum absolute atomic E-state index is 6.14. The van der Waals surface area contributed by atoms with Crippen molar-refractivity contribution in [3.8, 4) is 0 Å². The molecule has 15 heavy (non-hydrogen) atoms. The van der Waals surface area contributed by atoms with Crippen molar-refractivity contribution in [2.75, 3.05) is 14.2 Å². The standard InChI is InChI=1S/C12H18ClNO/c1-9(15-3)8-12(14-2)10-6-4-5-7-11(10)13/h4-7,9,12,14H,8H2,1-3H3. The van der Waals surface area contributed by atoms with E-state index in [0.717, 1.165) is 17.0 Å². The lowest BCUT2D eigenvalue weighted by Crippen LogP contribution is -2.22. The average molecular weight is 228 g/mol. The lowest BCUT2D eigenvalue weighted by Gasteiger charge is -2.21. The Morgan fingerprint density at radius 1 is 1.40 bits per heavy atom. The Labute approximate surface area is 96.6 Å².